The van der Waals surface area contributed by atoms with E-state index < -0.39 is 10.0 Å². The fourth-order valence-corrected chi connectivity index (χ4v) is 2.89. The molecule has 1 rings (SSSR count). The first kappa shape index (κ1) is 14.4. The van der Waals surface area contributed by atoms with E-state index >= 15 is 0 Å². The lowest BCUT2D eigenvalue weighted by atomic mass is 10.1. The minimum Gasteiger partial charge on any atom is -0.382 e. The van der Waals surface area contributed by atoms with Crippen molar-refractivity contribution in [2.24, 2.45) is 11.1 Å². The summed E-state index contributed by atoms with van der Waals surface area (Å²) in [5, 5.41) is 4.97. The van der Waals surface area contributed by atoms with Crippen LogP contribution in [-0.4, -0.2) is 51.3 Å². The van der Waals surface area contributed by atoms with Gasteiger partial charge in [-0.2, -0.15) is 0 Å². The number of hydrogen-bond donors (Lipinski definition) is 1. The lowest BCUT2D eigenvalue weighted by Crippen LogP contribution is -2.29. The Morgan fingerprint density at radius 3 is 2.82 bits per heavy atom. The Labute approximate surface area is 102 Å². The van der Waals surface area contributed by atoms with E-state index in [4.69, 9.17) is 9.88 Å². The summed E-state index contributed by atoms with van der Waals surface area (Å²) in [5.74, 6) is -0.263. The summed E-state index contributed by atoms with van der Waals surface area (Å²) in [7, 11) is -3.49. The second-order valence-corrected chi connectivity index (χ2v) is 5.95. The van der Waals surface area contributed by atoms with Crippen LogP contribution < -0.4 is 5.14 Å². The minimum absolute atomic E-state index is 0.00940. The smallest absolute Gasteiger partial charge is 0.222 e. The van der Waals surface area contributed by atoms with E-state index in [0.29, 0.717) is 26.3 Å². The second-order valence-electron chi connectivity index (χ2n) is 4.29. The monoisotopic (exact) mass is 264 g/mol. The van der Waals surface area contributed by atoms with Gasteiger partial charge >= 0.3 is 0 Å². The van der Waals surface area contributed by atoms with Crippen LogP contribution in [0.2, 0.25) is 0 Å². The predicted octanol–water partition coefficient (Wildman–Crippen LogP) is -0.450. The second kappa shape index (κ2) is 6.32. The number of carbonyl (C=O) groups is 1. The number of ether oxygens (including phenoxy) is 1. The number of amides is 1. The fraction of sp³-hybridized carbons (Fsp3) is 0.900. The molecule has 0 aromatic rings. The average Bonchev–Trinajstić information content (AvgIpc) is 2.51. The number of hydrogen-bond acceptors (Lipinski definition) is 4. The van der Waals surface area contributed by atoms with Gasteiger partial charge in [-0.3, -0.25) is 4.79 Å². The summed E-state index contributed by atoms with van der Waals surface area (Å²) in [6, 6.07) is 0. The lowest BCUT2D eigenvalue weighted by molar-refractivity contribution is -0.127. The molecule has 1 heterocycles. The summed E-state index contributed by atoms with van der Waals surface area (Å²) >= 11 is 0. The van der Waals surface area contributed by atoms with Crippen molar-refractivity contribution in [3.63, 3.8) is 0 Å². The topological polar surface area (TPSA) is 89.7 Å². The maximum Gasteiger partial charge on any atom is 0.222 e. The number of carbonyl (C=O) groups excluding carboxylic acids is 1. The van der Waals surface area contributed by atoms with E-state index in [2.05, 4.69) is 0 Å². The van der Waals surface area contributed by atoms with E-state index in [0.717, 1.165) is 6.42 Å². The quantitative estimate of drug-likeness (QED) is 0.631. The van der Waals surface area contributed by atoms with Crippen LogP contribution in [0.1, 0.15) is 19.8 Å². The molecule has 0 aromatic heterocycles. The molecule has 0 bridgehead atoms. The molecular weight excluding hydrogens is 244 g/mol. The van der Waals surface area contributed by atoms with Gasteiger partial charge in [0.15, 0.2) is 0 Å². The number of rotatable bonds is 7. The first-order chi connectivity index (χ1) is 7.92. The highest BCUT2D eigenvalue weighted by Gasteiger charge is 2.31. The summed E-state index contributed by atoms with van der Waals surface area (Å²) in [4.78, 5) is 13.3. The molecule has 0 radical (unpaired) electrons. The van der Waals surface area contributed by atoms with Crippen molar-refractivity contribution in [1.82, 2.24) is 4.90 Å². The normalized spacial score (nSPS) is 21.2. The van der Waals surface area contributed by atoms with Crippen molar-refractivity contribution in [3.05, 3.63) is 0 Å². The van der Waals surface area contributed by atoms with Gasteiger partial charge < -0.3 is 9.64 Å². The Balaban J connectivity index is 2.32. The minimum atomic E-state index is -3.49. The zero-order valence-corrected chi connectivity index (χ0v) is 10.9. The summed E-state index contributed by atoms with van der Waals surface area (Å²) < 4.78 is 27.0. The van der Waals surface area contributed by atoms with Crippen LogP contribution in [-0.2, 0) is 19.6 Å². The molecule has 0 saturated carbocycles. The summed E-state index contributed by atoms with van der Waals surface area (Å²) in [5.41, 5.74) is 0. The third-order valence-electron chi connectivity index (χ3n) is 2.68. The molecule has 1 amide bonds. The number of nitrogens with two attached hydrogens (primary N) is 1. The third kappa shape index (κ3) is 5.47. The number of primary sulfonamides is 1. The lowest BCUT2D eigenvalue weighted by Gasteiger charge is -2.16. The van der Waals surface area contributed by atoms with Gasteiger partial charge in [0.1, 0.15) is 0 Å². The average molecular weight is 264 g/mol. The summed E-state index contributed by atoms with van der Waals surface area (Å²) in [6.07, 6.45) is 1.06. The SMILES string of the molecule is CCOCCCN1CC(CS(N)(=O)=O)CC1=O. The molecule has 0 aromatic carbocycles. The highest BCUT2D eigenvalue weighted by atomic mass is 32.2. The Morgan fingerprint density at radius 1 is 1.53 bits per heavy atom. The first-order valence-corrected chi connectivity index (χ1v) is 7.50. The largest absolute Gasteiger partial charge is 0.382 e. The molecule has 1 unspecified atom stereocenters. The molecule has 0 spiro atoms. The Kier molecular flexibility index (Phi) is 5.35. The molecule has 17 heavy (non-hydrogen) atoms. The zero-order valence-electron chi connectivity index (χ0n) is 10.1. The molecule has 1 atom stereocenters. The van der Waals surface area contributed by atoms with Gasteiger partial charge in [0.2, 0.25) is 15.9 Å². The molecule has 7 heteroatoms. The van der Waals surface area contributed by atoms with Crippen LogP contribution in [0, 0.1) is 5.92 Å². The van der Waals surface area contributed by atoms with E-state index in [9.17, 15) is 13.2 Å². The van der Waals surface area contributed by atoms with E-state index in [1.807, 2.05) is 6.92 Å². The maximum atomic E-state index is 11.6. The summed E-state index contributed by atoms with van der Waals surface area (Å²) in [6.45, 7) is 4.33. The standard InChI is InChI=1S/C10H20N2O4S/c1-2-16-5-3-4-12-7-9(6-10(12)13)8-17(11,14)15/h9H,2-8H2,1H3,(H2,11,14,15). The van der Waals surface area contributed by atoms with Crippen LogP contribution in [0.15, 0.2) is 0 Å². The van der Waals surface area contributed by atoms with Crippen LogP contribution >= 0.6 is 0 Å². The molecule has 0 aliphatic carbocycles. The van der Waals surface area contributed by atoms with Crippen LogP contribution in [0.5, 0.6) is 0 Å². The number of likely N-dealkylation sites (tertiary alicyclic amines) is 1. The van der Waals surface area contributed by atoms with Crippen molar-refractivity contribution < 1.29 is 17.9 Å². The molecule has 6 nitrogen and oxygen atoms in total. The van der Waals surface area contributed by atoms with Gasteiger partial charge in [-0.25, -0.2) is 13.6 Å². The molecule has 1 fully saturated rings. The van der Waals surface area contributed by atoms with Gasteiger partial charge in [-0.15, -0.1) is 0 Å². The third-order valence-corrected chi connectivity index (χ3v) is 3.62. The Morgan fingerprint density at radius 2 is 2.24 bits per heavy atom. The van der Waals surface area contributed by atoms with Crippen molar-refractivity contribution in [3.8, 4) is 0 Å². The maximum absolute atomic E-state index is 11.6. The van der Waals surface area contributed by atoms with E-state index in [-0.39, 0.29) is 24.0 Å². The van der Waals surface area contributed by atoms with Gasteiger partial charge in [-0.05, 0) is 13.3 Å². The van der Waals surface area contributed by atoms with Crippen LogP contribution in [0.4, 0.5) is 0 Å². The first-order valence-electron chi connectivity index (χ1n) is 5.78. The molecule has 100 valence electrons. The molecule has 1 aliphatic rings. The number of sulfonamides is 1. The van der Waals surface area contributed by atoms with Crippen LogP contribution in [0.25, 0.3) is 0 Å². The van der Waals surface area contributed by atoms with Gasteiger partial charge in [0, 0.05) is 38.6 Å². The van der Waals surface area contributed by atoms with Gasteiger partial charge in [-0.1, -0.05) is 0 Å². The van der Waals surface area contributed by atoms with Crippen LogP contribution in [0.3, 0.4) is 0 Å². The van der Waals surface area contributed by atoms with Gasteiger partial charge in [0.05, 0.1) is 5.75 Å². The Bertz CT molecular complexity index is 355. The van der Waals surface area contributed by atoms with Gasteiger partial charge in [0.25, 0.3) is 0 Å². The highest BCUT2D eigenvalue weighted by molar-refractivity contribution is 7.89. The van der Waals surface area contributed by atoms with Crippen molar-refractivity contribution in [2.75, 3.05) is 32.1 Å². The van der Waals surface area contributed by atoms with E-state index in [1.54, 1.807) is 4.90 Å². The van der Waals surface area contributed by atoms with Crippen molar-refractivity contribution in [2.45, 2.75) is 19.8 Å². The molecule has 2 N–H and O–H groups in total. The van der Waals surface area contributed by atoms with Crippen molar-refractivity contribution in [1.29, 1.82) is 0 Å². The van der Waals surface area contributed by atoms with E-state index in [1.165, 1.54) is 0 Å². The zero-order chi connectivity index (χ0) is 12.9. The Hall–Kier alpha value is -0.660. The van der Waals surface area contributed by atoms with Crippen molar-refractivity contribution >= 4 is 15.9 Å². The predicted molar refractivity (Wildman–Crippen MR) is 63.8 cm³/mol. The highest BCUT2D eigenvalue weighted by Crippen LogP contribution is 2.18. The molecule has 1 saturated heterocycles. The molecule has 1 aliphatic heterocycles. The fourth-order valence-electron chi connectivity index (χ4n) is 2.01. The number of nitrogens with zero attached hydrogens (tertiary/aromatic N) is 1. The molecular formula is C10H20N2O4S.